The smallest absolute Gasteiger partial charge is 0.111 e. The topological polar surface area (TPSA) is 35.6 Å². The number of rotatable bonds is 4. The second kappa shape index (κ2) is 5.53. The Morgan fingerprint density at radius 1 is 1.24 bits per heavy atom. The van der Waals surface area contributed by atoms with E-state index in [1.165, 1.54) is 16.6 Å². The number of aromatic nitrogens is 4. The second-order valence-electron chi connectivity index (χ2n) is 5.41. The summed E-state index contributed by atoms with van der Waals surface area (Å²) >= 11 is 5.94. The van der Waals surface area contributed by atoms with Crippen molar-refractivity contribution >= 4 is 22.6 Å². The first kappa shape index (κ1) is 14.1. The van der Waals surface area contributed by atoms with E-state index in [9.17, 15) is 0 Å². The van der Waals surface area contributed by atoms with Crippen molar-refractivity contribution in [3.05, 3.63) is 47.0 Å². The average Bonchev–Trinajstić information content (AvgIpc) is 2.93. The fourth-order valence-corrected chi connectivity index (χ4v) is 3.00. The quantitative estimate of drug-likeness (QED) is 0.694. The molecule has 0 aliphatic heterocycles. The van der Waals surface area contributed by atoms with E-state index in [-0.39, 0.29) is 0 Å². The number of para-hydroxylation sites is 1. The maximum Gasteiger partial charge on any atom is 0.111 e. The highest BCUT2D eigenvalue weighted by molar-refractivity contribution is 6.17. The van der Waals surface area contributed by atoms with Crippen LogP contribution in [0.25, 0.3) is 11.0 Å². The Kier molecular flexibility index (Phi) is 3.72. The van der Waals surface area contributed by atoms with Crippen molar-refractivity contribution in [2.45, 2.75) is 26.8 Å². The lowest BCUT2D eigenvalue weighted by molar-refractivity contribution is 0.746. The summed E-state index contributed by atoms with van der Waals surface area (Å²) < 4.78 is 4.13. The lowest BCUT2D eigenvalue weighted by Crippen LogP contribution is -2.07. The summed E-state index contributed by atoms with van der Waals surface area (Å²) in [6, 6.07) is 6.24. The molecule has 0 aliphatic carbocycles. The van der Waals surface area contributed by atoms with Crippen molar-refractivity contribution in [1.82, 2.24) is 19.3 Å². The third kappa shape index (κ3) is 2.56. The summed E-state index contributed by atoms with van der Waals surface area (Å²) in [4.78, 5) is 4.75. The van der Waals surface area contributed by atoms with Gasteiger partial charge in [-0.2, -0.15) is 5.10 Å². The molecule has 0 bridgehead atoms. The van der Waals surface area contributed by atoms with E-state index in [2.05, 4.69) is 41.0 Å². The molecule has 3 aromatic rings. The first-order valence-corrected chi connectivity index (χ1v) is 7.63. The molecule has 5 heteroatoms. The molecule has 0 unspecified atom stereocenters. The normalized spacial score (nSPS) is 11.4. The molecule has 0 atom stereocenters. The Morgan fingerprint density at radius 2 is 2.05 bits per heavy atom. The van der Waals surface area contributed by atoms with Gasteiger partial charge in [-0.3, -0.25) is 4.68 Å². The van der Waals surface area contributed by atoms with Crippen molar-refractivity contribution in [1.29, 1.82) is 0 Å². The van der Waals surface area contributed by atoms with E-state index < -0.39 is 0 Å². The molecule has 0 fully saturated rings. The van der Waals surface area contributed by atoms with Gasteiger partial charge in [-0.25, -0.2) is 4.98 Å². The maximum absolute atomic E-state index is 5.94. The minimum Gasteiger partial charge on any atom is -0.323 e. The molecule has 0 amide bonds. The van der Waals surface area contributed by atoms with Crippen LogP contribution in [0.3, 0.4) is 0 Å². The van der Waals surface area contributed by atoms with Gasteiger partial charge in [0.1, 0.15) is 5.82 Å². The molecule has 3 rings (SSSR count). The number of imidazole rings is 1. The Labute approximate surface area is 129 Å². The number of hydrogen-bond donors (Lipinski definition) is 0. The van der Waals surface area contributed by atoms with E-state index in [4.69, 9.17) is 16.6 Å². The molecular formula is C16H19ClN4. The third-order valence-electron chi connectivity index (χ3n) is 3.81. The van der Waals surface area contributed by atoms with Crippen LogP contribution in [0.1, 0.15) is 22.6 Å². The Morgan fingerprint density at radius 3 is 2.71 bits per heavy atom. The molecule has 1 aromatic carbocycles. The van der Waals surface area contributed by atoms with E-state index in [0.29, 0.717) is 5.88 Å². The number of aryl methyl sites for hydroxylation is 4. The van der Waals surface area contributed by atoms with Gasteiger partial charge < -0.3 is 4.57 Å². The fourth-order valence-electron chi connectivity index (χ4n) is 2.83. The predicted molar refractivity (Wildman–Crippen MR) is 85.9 cm³/mol. The van der Waals surface area contributed by atoms with Crippen molar-refractivity contribution in [2.75, 3.05) is 5.88 Å². The molecule has 2 aromatic heterocycles. The van der Waals surface area contributed by atoms with Crippen LogP contribution in [0.2, 0.25) is 0 Å². The van der Waals surface area contributed by atoms with Crippen molar-refractivity contribution in [3.8, 4) is 0 Å². The van der Waals surface area contributed by atoms with Gasteiger partial charge in [0.2, 0.25) is 0 Å². The Hall–Kier alpha value is -1.81. The van der Waals surface area contributed by atoms with E-state index in [1.54, 1.807) is 0 Å². The van der Waals surface area contributed by atoms with Gasteiger partial charge >= 0.3 is 0 Å². The molecule has 110 valence electrons. The highest BCUT2D eigenvalue weighted by atomic mass is 35.5. The lowest BCUT2D eigenvalue weighted by atomic mass is 10.2. The Balaban J connectivity index is 2.14. The molecule has 4 nitrogen and oxygen atoms in total. The van der Waals surface area contributed by atoms with Gasteiger partial charge in [0.25, 0.3) is 0 Å². The molecule has 2 heterocycles. The van der Waals surface area contributed by atoms with E-state index in [1.807, 2.05) is 18.7 Å². The SMILES string of the molecule is Cc1nn(C)cc1Cn1c(CCCl)nc2cccc(C)c21. The first-order valence-electron chi connectivity index (χ1n) is 7.10. The van der Waals surface area contributed by atoms with Crippen LogP contribution < -0.4 is 0 Å². The van der Waals surface area contributed by atoms with Gasteiger partial charge in [0.15, 0.2) is 0 Å². The number of alkyl halides is 1. The van der Waals surface area contributed by atoms with Crippen molar-refractivity contribution < 1.29 is 0 Å². The van der Waals surface area contributed by atoms with Crippen molar-refractivity contribution in [2.24, 2.45) is 7.05 Å². The number of halogens is 1. The van der Waals surface area contributed by atoms with Gasteiger partial charge in [0.05, 0.1) is 23.3 Å². The molecule has 0 radical (unpaired) electrons. The summed E-state index contributed by atoms with van der Waals surface area (Å²) in [5.74, 6) is 1.62. The first-order chi connectivity index (χ1) is 10.1. The van der Waals surface area contributed by atoms with Crippen LogP contribution in [0.15, 0.2) is 24.4 Å². The summed E-state index contributed by atoms with van der Waals surface area (Å²) in [5, 5.41) is 4.43. The number of hydrogen-bond acceptors (Lipinski definition) is 2. The summed E-state index contributed by atoms with van der Waals surface area (Å²) in [7, 11) is 1.95. The van der Waals surface area contributed by atoms with Gasteiger partial charge in [-0.1, -0.05) is 12.1 Å². The monoisotopic (exact) mass is 302 g/mol. The standard InChI is InChI=1S/C16H19ClN4/c1-11-5-4-6-14-16(11)21(15(18-14)7-8-17)10-13-9-20(3)19-12(13)2/h4-6,9H,7-8,10H2,1-3H3. The molecule has 0 spiro atoms. The zero-order valence-electron chi connectivity index (χ0n) is 12.6. The molecule has 0 aliphatic rings. The lowest BCUT2D eigenvalue weighted by Gasteiger charge is -2.09. The van der Waals surface area contributed by atoms with Crippen LogP contribution in [-0.4, -0.2) is 25.2 Å². The second-order valence-corrected chi connectivity index (χ2v) is 5.79. The number of benzene rings is 1. The fraction of sp³-hybridized carbons (Fsp3) is 0.375. The number of nitrogens with zero attached hydrogens (tertiary/aromatic N) is 4. The summed E-state index contributed by atoms with van der Waals surface area (Å²) in [5.41, 5.74) is 5.75. The molecule has 0 saturated carbocycles. The average molecular weight is 303 g/mol. The van der Waals surface area contributed by atoms with Crippen molar-refractivity contribution in [3.63, 3.8) is 0 Å². The predicted octanol–water partition coefficient (Wildman–Crippen LogP) is 3.22. The van der Waals surface area contributed by atoms with Gasteiger partial charge in [-0.05, 0) is 25.5 Å². The molecule has 0 saturated heterocycles. The van der Waals surface area contributed by atoms with Crippen LogP contribution in [0, 0.1) is 13.8 Å². The summed E-state index contributed by atoms with van der Waals surface area (Å²) in [6.07, 6.45) is 2.85. The highest BCUT2D eigenvalue weighted by Crippen LogP contribution is 2.22. The van der Waals surface area contributed by atoms with Gasteiger partial charge in [0, 0.05) is 31.1 Å². The third-order valence-corrected chi connectivity index (χ3v) is 4.00. The maximum atomic E-state index is 5.94. The zero-order chi connectivity index (χ0) is 15.0. The molecule has 0 N–H and O–H groups in total. The van der Waals surface area contributed by atoms with Crippen LogP contribution in [0.4, 0.5) is 0 Å². The van der Waals surface area contributed by atoms with Crippen LogP contribution in [-0.2, 0) is 20.0 Å². The molecular weight excluding hydrogens is 284 g/mol. The van der Waals surface area contributed by atoms with E-state index in [0.717, 1.165) is 30.0 Å². The minimum absolute atomic E-state index is 0.578. The minimum atomic E-state index is 0.578. The zero-order valence-corrected chi connectivity index (χ0v) is 13.4. The Bertz CT molecular complexity index is 785. The van der Waals surface area contributed by atoms with Gasteiger partial charge in [-0.15, -0.1) is 11.6 Å². The molecule has 21 heavy (non-hydrogen) atoms. The largest absolute Gasteiger partial charge is 0.323 e. The van der Waals surface area contributed by atoms with Crippen LogP contribution in [0.5, 0.6) is 0 Å². The van der Waals surface area contributed by atoms with E-state index >= 15 is 0 Å². The summed E-state index contributed by atoms with van der Waals surface area (Å²) in [6.45, 7) is 4.96. The van der Waals surface area contributed by atoms with Crippen LogP contribution >= 0.6 is 11.6 Å². The highest BCUT2D eigenvalue weighted by Gasteiger charge is 2.14. The number of fused-ring (bicyclic) bond motifs is 1.